The number of nitrogens with one attached hydrogen (secondary N) is 1. The third-order valence-electron chi connectivity index (χ3n) is 7.40. The number of benzene rings is 1. The molecule has 0 saturated carbocycles. The summed E-state index contributed by atoms with van der Waals surface area (Å²) < 4.78 is 14.1. The first-order valence-corrected chi connectivity index (χ1v) is 13.3. The summed E-state index contributed by atoms with van der Waals surface area (Å²) in [5.74, 6) is -2.83. The van der Waals surface area contributed by atoms with E-state index in [4.69, 9.17) is 9.31 Å². The number of aliphatic hydroxyl groups excluding tert-OH is 1. The topological polar surface area (TPSA) is 135 Å². The van der Waals surface area contributed by atoms with Gasteiger partial charge < -0.3 is 24.0 Å². The summed E-state index contributed by atoms with van der Waals surface area (Å²) in [6, 6.07) is 13.1. The Bertz CT molecular complexity index is 1230. The third-order valence-corrected chi connectivity index (χ3v) is 7.40. The molecule has 2 fully saturated rings. The van der Waals surface area contributed by atoms with Gasteiger partial charge in [0, 0.05) is 25.2 Å². The quantitative estimate of drug-likeness (QED) is 0.348. The number of amides is 1. The molecule has 0 aliphatic carbocycles. The fraction of sp³-hybridized carbons (Fsp3) is 0.464. The van der Waals surface area contributed by atoms with Gasteiger partial charge in [0.1, 0.15) is 11.7 Å². The van der Waals surface area contributed by atoms with Gasteiger partial charge in [-0.3, -0.25) is 9.59 Å². The summed E-state index contributed by atoms with van der Waals surface area (Å²) in [7, 11) is 0. The zero-order chi connectivity index (χ0) is 28.5. The molecule has 2 aromatic rings. The summed E-state index contributed by atoms with van der Waals surface area (Å²) in [6.45, 7) is 5.86. The average molecular weight is 538 g/mol. The second kappa shape index (κ2) is 11.3. The number of aromatic nitrogens is 1. The van der Waals surface area contributed by atoms with E-state index in [1.807, 2.05) is 44.2 Å². The number of Topliss-reactive ketones (excluding diaryl/α,β-unsaturated/α-hetero) is 1. The van der Waals surface area contributed by atoms with E-state index in [-0.39, 0.29) is 18.0 Å². The molecule has 1 aromatic heterocycles. The predicted molar refractivity (Wildman–Crippen MR) is 143 cm³/mol. The molecule has 2 saturated heterocycles. The standard InChI is InChI=1S/C28H35BN2O8/c1-16(2)14-21(29-37-27(35)18(4)39(29)19(5)28(36)38-29)15-24(33)25(17(3)32)31-26(34)23-13-9-12-22(30-23)20-10-7-6-8-11-20/h6-13,16-19,21,25,32H,14-15H2,1-5H3,(H,31,34)/t17-,18-,19-,21-,25+/m1/s1. The van der Waals surface area contributed by atoms with Gasteiger partial charge in [-0.25, -0.2) is 14.6 Å². The lowest BCUT2D eigenvalue weighted by Crippen LogP contribution is -2.53. The number of hydrogen-bond acceptors (Lipinski definition) is 8. The van der Waals surface area contributed by atoms with E-state index in [9.17, 15) is 24.3 Å². The van der Waals surface area contributed by atoms with Crippen molar-refractivity contribution in [3.05, 3.63) is 54.2 Å². The van der Waals surface area contributed by atoms with Crippen molar-refractivity contribution >= 4 is 30.4 Å². The SMILES string of the molecule is CC(C)C[C@H](CC(=O)[C@@H](NC(=O)c1cccc(-c2ccccc2)n1)[C@@H](C)O)[B-]12OC(=O)[C@@H](C)[O+]1[C@H](C)C(=O)O2. The Kier molecular flexibility index (Phi) is 8.22. The maximum atomic E-state index is 13.6. The molecule has 39 heavy (non-hydrogen) atoms. The van der Waals surface area contributed by atoms with Crippen molar-refractivity contribution in [3.63, 3.8) is 0 Å². The average Bonchev–Trinajstić information content (AvgIpc) is 3.30. The Hall–Kier alpha value is -3.57. The van der Waals surface area contributed by atoms with Crippen molar-refractivity contribution in [3.8, 4) is 11.3 Å². The molecule has 208 valence electrons. The molecule has 0 unspecified atom stereocenters. The molecule has 0 bridgehead atoms. The molecule has 5 atom stereocenters. The summed E-state index contributed by atoms with van der Waals surface area (Å²) in [4.78, 5) is 56.3. The summed E-state index contributed by atoms with van der Waals surface area (Å²) >= 11 is 0. The van der Waals surface area contributed by atoms with Crippen LogP contribution in [0.4, 0.5) is 0 Å². The highest BCUT2D eigenvalue weighted by molar-refractivity contribution is 6.70. The summed E-state index contributed by atoms with van der Waals surface area (Å²) in [6.07, 6.45) is -2.59. The Labute approximate surface area is 227 Å². The smallest absolute Gasteiger partial charge is 0.579 e. The minimum Gasteiger partial charge on any atom is -0.579 e. The first-order chi connectivity index (χ1) is 18.4. The van der Waals surface area contributed by atoms with Crippen molar-refractivity contribution in [2.75, 3.05) is 0 Å². The molecule has 0 radical (unpaired) electrons. The zero-order valence-electron chi connectivity index (χ0n) is 22.8. The number of carbonyl (C=O) groups excluding carboxylic acids is 4. The number of rotatable bonds is 10. The van der Waals surface area contributed by atoms with Crippen molar-refractivity contribution in [2.24, 2.45) is 5.92 Å². The monoisotopic (exact) mass is 538 g/mol. The minimum absolute atomic E-state index is 0.0650. The maximum absolute atomic E-state index is 13.6. The maximum Gasteiger partial charge on any atom is 0.688 e. The number of carbonyl (C=O) groups is 4. The van der Waals surface area contributed by atoms with Crippen LogP contribution in [0.5, 0.6) is 0 Å². The van der Waals surface area contributed by atoms with Crippen molar-refractivity contribution in [2.45, 2.75) is 77.6 Å². The number of hydrogen-bond donors (Lipinski definition) is 2. The molecule has 3 heterocycles. The lowest BCUT2D eigenvalue weighted by atomic mass is 9.57. The van der Waals surface area contributed by atoms with Gasteiger partial charge in [-0.05, 0) is 31.4 Å². The van der Waals surface area contributed by atoms with Gasteiger partial charge >= 0.3 is 18.7 Å². The van der Waals surface area contributed by atoms with Crippen LogP contribution in [0.25, 0.3) is 11.3 Å². The van der Waals surface area contributed by atoms with E-state index in [0.717, 1.165) is 5.56 Å². The zero-order valence-corrected chi connectivity index (χ0v) is 22.8. The number of ketones is 1. The minimum atomic E-state index is -2.66. The second-order valence-corrected chi connectivity index (χ2v) is 10.8. The lowest BCUT2D eigenvalue weighted by Gasteiger charge is -2.38. The molecule has 2 aliphatic heterocycles. The molecular formula is C28H35BN2O8. The highest BCUT2D eigenvalue weighted by Crippen LogP contribution is 2.49. The molecular weight excluding hydrogens is 503 g/mol. The van der Waals surface area contributed by atoms with Gasteiger partial charge in [-0.2, -0.15) is 0 Å². The van der Waals surface area contributed by atoms with E-state index >= 15 is 0 Å². The van der Waals surface area contributed by atoms with Crippen LogP contribution in [-0.4, -0.2) is 64.8 Å². The van der Waals surface area contributed by atoms with Crippen LogP contribution in [0.3, 0.4) is 0 Å². The van der Waals surface area contributed by atoms with Crippen LogP contribution in [-0.2, 0) is 28.0 Å². The first kappa shape index (κ1) is 28.4. The Morgan fingerprint density at radius 3 is 2.18 bits per heavy atom. The van der Waals surface area contributed by atoms with Crippen LogP contribution in [0.1, 0.15) is 57.9 Å². The number of nitrogens with zero attached hydrogens (tertiary/aromatic N) is 1. The fourth-order valence-electron chi connectivity index (χ4n) is 5.56. The number of fused-ring (bicyclic) bond motifs is 1. The third kappa shape index (κ3) is 5.60. The van der Waals surface area contributed by atoms with E-state index in [1.165, 1.54) is 13.0 Å². The van der Waals surface area contributed by atoms with Crippen LogP contribution in [0.2, 0.25) is 5.82 Å². The summed E-state index contributed by atoms with van der Waals surface area (Å²) in [5, 5.41) is 13.1. The Morgan fingerprint density at radius 1 is 1.00 bits per heavy atom. The second-order valence-electron chi connectivity index (χ2n) is 10.8. The van der Waals surface area contributed by atoms with Crippen molar-refractivity contribution in [1.29, 1.82) is 0 Å². The van der Waals surface area contributed by atoms with Gasteiger partial charge in [0.2, 0.25) is 12.2 Å². The molecule has 2 N–H and O–H groups in total. The normalized spacial score (nSPS) is 22.5. The number of aliphatic hydroxyl groups is 1. The highest BCUT2D eigenvalue weighted by atomic mass is 16.9. The van der Waals surface area contributed by atoms with Crippen LogP contribution in [0.15, 0.2) is 48.5 Å². The van der Waals surface area contributed by atoms with Gasteiger partial charge in [0.05, 0.1) is 11.8 Å². The first-order valence-electron chi connectivity index (χ1n) is 13.3. The Morgan fingerprint density at radius 2 is 1.62 bits per heavy atom. The van der Waals surface area contributed by atoms with Gasteiger partial charge in [-0.1, -0.05) is 56.7 Å². The van der Waals surface area contributed by atoms with Crippen LogP contribution >= 0.6 is 0 Å². The van der Waals surface area contributed by atoms with Crippen LogP contribution in [0, 0.1) is 5.92 Å². The fourth-order valence-corrected chi connectivity index (χ4v) is 5.56. The molecule has 0 spiro atoms. The molecule has 4 rings (SSSR count). The lowest BCUT2D eigenvalue weighted by molar-refractivity contribution is -0.154. The number of pyridine rings is 1. The van der Waals surface area contributed by atoms with E-state index in [2.05, 4.69) is 14.6 Å². The van der Waals surface area contributed by atoms with E-state index < -0.39 is 60.6 Å². The van der Waals surface area contributed by atoms with Crippen molar-refractivity contribution < 1.29 is 37.9 Å². The molecule has 10 nitrogen and oxygen atoms in total. The molecule has 1 aromatic carbocycles. The van der Waals surface area contributed by atoms with Crippen molar-refractivity contribution in [1.82, 2.24) is 10.3 Å². The van der Waals surface area contributed by atoms with Gasteiger partial charge in [0.25, 0.3) is 5.91 Å². The molecule has 1 amide bonds. The summed E-state index contributed by atoms with van der Waals surface area (Å²) in [5.41, 5.74) is 1.51. The van der Waals surface area contributed by atoms with E-state index in [1.54, 1.807) is 26.0 Å². The Balaban J connectivity index is 1.57. The molecule has 2 aliphatic rings. The molecule has 11 heteroatoms. The van der Waals surface area contributed by atoms with Gasteiger partial charge in [-0.15, -0.1) is 0 Å². The largest absolute Gasteiger partial charge is 0.688 e. The van der Waals surface area contributed by atoms with Crippen LogP contribution < -0.4 is 5.32 Å². The predicted octanol–water partition coefficient (Wildman–Crippen LogP) is 2.99. The highest BCUT2D eigenvalue weighted by Gasteiger charge is 2.71. The van der Waals surface area contributed by atoms with Gasteiger partial charge in [0.15, 0.2) is 5.78 Å². The van der Waals surface area contributed by atoms with E-state index in [0.29, 0.717) is 12.1 Å².